The summed E-state index contributed by atoms with van der Waals surface area (Å²) in [5, 5.41) is 4.01. The van der Waals surface area contributed by atoms with Gasteiger partial charge in [-0.25, -0.2) is 4.98 Å². The largest absolute Gasteiger partial charge is 0.449 e. The molecule has 0 aliphatic rings. The predicted molar refractivity (Wildman–Crippen MR) is 59.3 cm³/mol. The third-order valence-corrected chi connectivity index (χ3v) is 3.68. The highest BCUT2D eigenvalue weighted by atomic mass is 79.9. The molecular formula is C9H9BrN2OS. The molecule has 0 saturated heterocycles. The van der Waals surface area contributed by atoms with E-state index >= 15 is 0 Å². The summed E-state index contributed by atoms with van der Waals surface area (Å²) in [6.45, 7) is 1.80. The average molecular weight is 273 g/mol. The summed E-state index contributed by atoms with van der Waals surface area (Å²) in [6.07, 6.45) is 1.60. The van der Waals surface area contributed by atoms with Crippen LogP contribution in [0, 0.1) is 6.92 Å². The highest BCUT2D eigenvalue weighted by Crippen LogP contribution is 2.29. The van der Waals surface area contributed by atoms with E-state index in [4.69, 9.17) is 10.2 Å². The Morgan fingerprint density at radius 3 is 2.86 bits per heavy atom. The molecule has 0 aliphatic heterocycles. The number of thiophene rings is 1. The summed E-state index contributed by atoms with van der Waals surface area (Å²) in [7, 11) is 0. The molecule has 1 unspecified atom stereocenters. The van der Waals surface area contributed by atoms with Gasteiger partial charge in [0.1, 0.15) is 12.0 Å². The van der Waals surface area contributed by atoms with Crippen LogP contribution in [0.15, 0.2) is 25.9 Å². The van der Waals surface area contributed by atoms with Crippen molar-refractivity contribution in [3.05, 3.63) is 38.6 Å². The van der Waals surface area contributed by atoms with Gasteiger partial charge in [-0.3, -0.25) is 0 Å². The molecule has 74 valence electrons. The molecule has 0 radical (unpaired) electrons. The van der Waals surface area contributed by atoms with Gasteiger partial charge in [-0.15, -0.1) is 0 Å². The van der Waals surface area contributed by atoms with E-state index in [-0.39, 0.29) is 6.04 Å². The van der Waals surface area contributed by atoms with Crippen molar-refractivity contribution in [3.63, 3.8) is 0 Å². The Kier molecular flexibility index (Phi) is 2.71. The lowest BCUT2D eigenvalue weighted by Crippen LogP contribution is -2.11. The number of nitrogens with zero attached hydrogens (tertiary/aromatic N) is 1. The second-order valence-electron chi connectivity index (χ2n) is 2.94. The highest BCUT2D eigenvalue weighted by molar-refractivity contribution is 9.10. The Hall–Kier alpha value is -0.650. The first-order chi connectivity index (χ1) is 6.68. The van der Waals surface area contributed by atoms with Crippen molar-refractivity contribution < 1.29 is 4.42 Å². The monoisotopic (exact) mass is 272 g/mol. The van der Waals surface area contributed by atoms with E-state index in [2.05, 4.69) is 20.9 Å². The van der Waals surface area contributed by atoms with Crippen molar-refractivity contribution in [2.45, 2.75) is 13.0 Å². The van der Waals surface area contributed by atoms with Gasteiger partial charge in [0.25, 0.3) is 0 Å². The SMILES string of the molecule is Cc1nc(C(N)c2cscc2Br)co1. The van der Waals surface area contributed by atoms with Gasteiger partial charge in [-0.05, 0) is 26.9 Å². The van der Waals surface area contributed by atoms with E-state index in [0.717, 1.165) is 15.7 Å². The van der Waals surface area contributed by atoms with Crippen LogP contribution in [-0.2, 0) is 0 Å². The quantitative estimate of drug-likeness (QED) is 0.915. The number of aryl methyl sites for hydroxylation is 1. The Morgan fingerprint density at radius 2 is 2.36 bits per heavy atom. The first-order valence-corrected chi connectivity index (χ1v) is 5.81. The van der Waals surface area contributed by atoms with Gasteiger partial charge in [0, 0.05) is 16.8 Å². The summed E-state index contributed by atoms with van der Waals surface area (Å²) < 4.78 is 6.14. The molecule has 0 amide bonds. The summed E-state index contributed by atoms with van der Waals surface area (Å²) in [5.41, 5.74) is 7.84. The van der Waals surface area contributed by atoms with Crippen LogP contribution in [0.4, 0.5) is 0 Å². The lowest BCUT2D eigenvalue weighted by Gasteiger charge is -2.06. The molecular weight excluding hydrogens is 264 g/mol. The minimum absolute atomic E-state index is 0.215. The van der Waals surface area contributed by atoms with Crippen LogP contribution in [0.2, 0.25) is 0 Å². The van der Waals surface area contributed by atoms with Gasteiger partial charge in [-0.2, -0.15) is 11.3 Å². The number of hydrogen-bond acceptors (Lipinski definition) is 4. The first-order valence-electron chi connectivity index (χ1n) is 4.07. The highest BCUT2D eigenvalue weighted by Gasteiger charge is 2.16. The minimum Gasteiger partial charge on any atom is -0.449 e. The number of halogens is 1. The maximum Gasteiger partial charge on any atom is 0.191 e. The van der Waals surface area contributed by atoms with E-state index in [1.54, 1.807) is 24.5 Å². The van der Waals surface area contributed by atoms with Crippen LogP contribution in [0.1, 0.15) is 23.2 Å². The topological polar surface area (TPSA) is 52.0 Å². The molecule has 5 heteroatoms. The molecule has 3 nitrogen and oxygen atoms in total. The molecule has 0 spiro atoms. The van der Waals surface area contributed by atoms with Crippen molar-refractivity contribution in [2.24, 2.45) is 5.73 Å². The summed E-state index contributed by atoms with van der Waals surface area (Å²) in [6, 6.07) is -0.215. The molecule has 0 bridgehead atoms. The van der Waals surface area contributed by atoms with Crippen molar-refractivity contribution in [1.82, 2.24) is 4.98 Å². The van der Waals surface area contributed by atoms with Crippen LogP contribution in [-0.4, -0.2) is 4.98 Å². The summed E-state index contributed by atoms with van der Waals surface area (Å²) in [5.74, 6) is 0.641. The zero-order valence-corrected chi connectivity index (χ0v) is 9.93. The molecule has 14 heavy (non-hydrogen) atoms. The van der Waals surface area contributed by atoms with Crippen molar-refractivity contribution >= 4 is 27.3 Å². The number of rotatable bonds is 2. The van der Waals surface area contributed by atoms with Crippen molar-refractivity contribution in [2.75, 3.05) is 0 Å². The standard InChI is InChI=1S/C9H9BrN2OS/c1-5-12-8(2-13-5)9(11)6-3-14-4-7(6)10/h2-4,9H,11H2,1H3. The molecule has 0 aromatic carbocycles. The van der Waals surface area contributed by atoms with Gasteiger partial charge in [0.05, 0.1) is 6.04 Å². The molecule has 0 fully saturated rings. The van der Waals surface area contributed by atoms with Gasteiger partial charge in [0.15, 0.2) is 5.89 Å². The zero-order chi connectivity index (χ0) is 10.1. The third kappa shape index (κ3) is 1.75. The maximum atomic E-state index is 6.03. The fourth-order valence-electron chi connectivity index (χ4n) is 1.20. The fourth-order valence-corrected chi connectivity index (χ4v) is 2.78. The van der Waals surface area contributed by atoms with E-state index in [0.29, 0.717) is 5.89 Å². The van der Waals surface area contributed by atoms with Crippen LogP contribution in [0.5, 0.6) is 0 Å². The molecule has 2 rings (SSSR count). The van der Waals surface area contributed by atoms with E-state index < -0.39 is 0 Å². The lowest BCUT2D eigenvalue weighted by molar-refractivity contribution is 0.520. The second kappa shape index (κ2) is 3.84. The van der Waals surface area contributed by atoms with Crippen molar-refractivity contribution in [1.29, 1.82) is 0 Å². The number of hydrogen-bond donors (Lipinski definition) is 1. The van der Waals surface area contributed by atoms with E-state index in [1.165, 1.54) is 0 Å². The zero-order valence-electron chi connectivity index (χ0n) is 7.53. The fraction of sp³-hybridized carbons (Fsp3) is 0.222. The Balaban J connectivity index is 2.33. The van der Waals surface area contributed by atoms with Gasteiger partial charge < -0.3 is 10.2 Å². The van der Waals surface area contributed by atoms with Crippen LogP contribution in [0.3, 0.4) is 0 Å². The number of nitrogens with two attached hydrogens (primary N) is 1. The van der Waals surface area contributed by atoms with Crippen LogP contribution >= 0.6 is 27.3 Å². The molecule has 2 aromatic heterocycles. The van der Waals surface area contributed by atoms with Crippen LogP contribution < -0.4 is 5.73 Å². The van der Waals surface area contributed by atoms with Crippen molar-refractivity contribution in [3.8, 4) is 0 Å². The Bertz CT molecular complexity index is 437. The van der Waals surface area contributed by atoms with E-state index in [1.807, 2.05) is 10.8 Å². The molecule has 2 N–H and O–H groups in total. The third-order valence-electron chi connectivity index (χ3n) is 1.93. The average Bonchev–Trinajstić information content (AvgIpc) is 2.73. The smallest absolute Gasteiger partial charge is 0.191 e. The summed E-state index contributed by atoms with van der Waals surface area (Å²) in [4.78, 5) is 4.20. The van der Waals surface area contributed by atoms with Crippen LogP contribution in [0.25, 0.3) is 0 Å². The second-order valence-corrected chi connectivity index (χ2v) is 4.54. The van der Waals surface area contributed by atoms with Gasteiger partial charge in [0.2, 0.25) is 0 Å². The number of aromatic nitrogens is 1. The van der Waals surface area contributed by atoms with E-state index in [9.17, 15) is 0 Å². The maximum absolute atomic E-state index is 6.03. The molecule has 2 aromatic rings. The predicted octanol–water partition coefficient (Wildman–Crippen LogP) is 2.86. The lowest BCUT2D eigenvalue weighted by atomic mass is 10.1. The molecule has 0 saturated carbocycles. The Morgan fingerprint density at radius 1 is 1.57 bits per heavy atom. The molecule has 0 aliphatic carbocycles. The van der Waals surface area contributed by atoms with Gasteiger partial charge in [-0.1, -0.05) is 0 Å². The molecule has 2 heterocycles. The molecule has 1 atom stereocenters. The summed E-state index contributed by atoms with van der Waals surface area (Å²) >= 11 is 5.05. The van der Waals surface area contributed by atoms with Gasteiger partial charge >= 0.3 is 0 Å². The minimum atomic E-state index is -0.215. The number of oxazole rings is 1. The normalized spacial score (nSPS) is 13.1. The Labute approximate surface area is 94.1 Å². The first kappa shape index (κ1) is 9.89.